The van der Waals surface area contributed by atoms with Gasteiger partial charge in [-0.2, -0.15) is 13.2 Å². The highest BCUT2D eigenvalue weighted by atomic mass is 32.2. The van der Waals surface area contributed by atoms with Crippen molar-refractivity contribution in [3.05, 3.63) is 59.2 Å². The van der Waals surface area contributed by atoms with Crippen LogP contribution >= 0.6 is 0 Å². The molecule has 0 fully saturated rings. The molecule has 1 aliphatic heterocycles. The highest BCUT2D eigenvalue weighted by molar-refractivity contribution is 7.92. The molecular formula is C19H19F3N2O3S. The number of fused-ring (bicyclic) bond motifs is 1. The van der Waals surface area contributed by atoms with Crippen molar-refractivity contribution in [1.29, 1.82) is 0 Å². The molecule has 150 valence electrons. The van der Waals surface area contributed by atoms with Crippen molar-refractivity contribution in [1.82, 2.24) is 4.90 Å². The largest absolute Gasteiger partial charge is 0.416 e. The molecule has 0 saturated heterocycles. The molecule has 0 unspecified atom stereocenters. The Morgan fingerprint density at radius 1 is 1.14 bits per heavy atom. The SMILES string of the molecule is CCC(=O)N1CCc2ccc(NS(=O)(=O)c3cccc(C(F)(F)F)c3)cc2C1. The van der Waals surface area contributed by atoms with E-state index in [9.17, 15) is 26.4 Å². The van der Waals surface area contributed by atoms with E-state index < -0.39 is 26.7 Å². The minimum Gasteiger partial charge on any atom is -0.338 e. The van der Waals surface area contributed by atoms with Gasteiger partial charge in [0.15, 0.2) is 0 Å². The second-order valence-electron chi connectivity index (χ2n) is 6.53. The van der Waals surface area contributed by atoms with Crippen LogP contribution in [0, 0.1) is 0 Å². The van der Waals surface area contributed by atoms with E-state index in [4.69, 9.17) is 0 Å². The molecule has 28 heavy (non-hydrogen) atoms. The molecule has 2 aromatic carbocycles. The van der Waals surface area contributed by atoms with E-state index in [1.807, 2.05) is 0 Å². The lowest BCUT2D eigenvalue weighted by molar-refractivity contribution is -0.137. The van der Waals surface area contributed by atoms with E-state index in [1.165, 1.54) is 0 Å². The normalized spacial score (nSPS) is 14.5. The summed E-state index contributed by atoms with van der Waals surface area (Å²) < 4.78 is 65.9. The number of benzene rings is 2. The number of carbonyl (C=O) groups excluding carboxylic acids is 1. The Kier molecular flexibility index (Phi) is 5.38. The van der Waals surface area contributed by atoms with Gasteiger partial charge < -0.3 is 4.90 Å². The van der Waals surface area contributed by atoms with Gasteiger partial charge in [-0.3, -0.25) is 9.52 Å². The number of nitrogens with one attached hydrogen (secondary N) is 1. The first kappa shape index (κ1) is 20.2. The third-order valence-electron chi connectivity index (χ3n) is 4.60. The van der Waals surface area contributed by atoms with Crippen molar-refractivity contribution in [2.24, 2.45) is 0 Å². The van der Waals surface area contributed by atoms with Crippen LogP contribution in [-0.4, -0.2) is 25.8 Å². The van der Waals surface area contributed by atoms with E-state index in [-0.39, 0.29) is 11.6 Å². The van der Waals surface area contributed by atoms with Gasteiger partial charge in [-0.1, -0.05) is 19.1 Å². The second kappa shape index (κ2) is 7.46. The van der Waals surface area contributed by atoms with Crippen LogP contribution in [0.25, 0.3) is 0 Å². The van der Waals surface area contributed by atoms with Crippen molar-refractivity contribution in [3.63, 3.8) is 0 Å². The topological polar surface area (TPSA) is 66.5 Å². The Bertz CT molecular complexity index is 1000. The van der Waals surface area contributed by atoms with Gasteiger partial charge in [-0.05, 0) is 47.9 Å². The Hall–Kier alpha value is -2.55. The zero-order valence-electron chi connectivity index (χ0n) is 15.1. The van der Waals surface area contributed by atoms with Gasteiger partial charge >= 0.3 is 6.18 Å². The van der Waals surface area contributed by atoms with Crippen LogP contribution in [0.5, 0.6) is 0 Å². The predicted molar refractivity (Wildman–Crippen MR) is 98.1 cm³/mol. The first-order valence-corrected chi connectivity index (χ1v) is 10.2. The number of amides is 1. The van der Waals surface area contributed by atoms with Crippen LogP contribution in [0.2, 0.25) is 0 Å². The second-order valence-corrected chi connectivity index (χ2v) is 8.22. The fourth-order valence-corrected chi connectivity index (χ4v) is 4.21. The van der Waals surface area contributed by atoms with Crippen LogP contribution < -0.4 is 4.72 Å². The summed E-state index contributed by atoms with van der Waals surface area (Å²) in [4.78, 5) is 13.1. The maximum absolute atomic E-state index is 12.9. The quantitative estimate of drug-likeness (QED) is 0.831. The van der Waals surface area contributed by atoms with E-state index in [0.717, 1.165) is 29.3 Å². The summed E-state index contributed by atoms with van der Waals surface area (Å²) in [6.07, 6.45) is -3.58. The molecule has 0 aliphatic carbocycles. The maximum Gasteiger partial charge on any atom is 0.416 e. The van der Waals surface area contributed by atoms with Gasteiger partial charge in [0.2, 0.25) is 5.91 Å². The molecule has 5 nitrogen and oxygen atoms in total. The molecule has 0 saturated carbocycles. The molecule has 1 aliphatic rings. The van der Waals surface area contributed by atoms with E-state index in [2.05, 4.69) is 4.72 Å². The number of hydrogen-bond donors (Lipinski definition) is 1. The zero-order chi connectivity index (χ0) is 20.5. The average Bonchev–Trinajstić information content (AvgIpc) is 2.66. The maximum atomic E-state index is 12.9. The third kappa shape index (κ3) is 4.30. The standard InChI is InChI=1S/C19H19F3N2O3S/c1-2-18(25)24-9-8-13-6-7-16(10-14(13)12-24)23-28(26,27)17-5-3-4-15(11-17)19(20,21)22/h3-7,10-11,23H,2,8-9,12H2,1H3. The Balaban J connectivity index is 1.85. The summed E-state index contributed by atoms with van der Waals surface area (Å²) in [6.45, 7) is 2.76. The summed E-state index contributed by atoms with van der Waals surface area (Å²) in [6, 6.07) is 8.54. The van der Waals surface area contributed by atoms with Gasteiger partial charge in [0.1, 0.15) is 0 Å². The number of alkyl halides is 3. The summed E-state index contributed by atoms with van der Waals surface area (Å²) >= 11 is 0. The molecule has 2 aromatic rings. The lowest BCUT2D eigenvalue weighted by Gasteiger charge is -2.29. The molecule has 0 spiro atoms. The lowest BCUT2D eigenvalue weighted by Crippen LogP contribution is -2.35. The van der Waals surface area contributed by atoms with Crippen molar-refractivity contribution < 1.29 is 26.4 Å². The van der Waals surface area contributed by atoms with Gasteiger partial charge in [0.25, 0.3) is 10.0 Å². The zero-order valence-corrected chi connectivity index (χ0v) is 15.9. The van der Waals surface area contributed by atoms with E-state index >= 15 is 0 Å². The van der Waals surface area contributed by atoms with Gasteiger partial charge in [0.05, 0.1) is 10.5 Å². The number of nitrogens with zero attached hydrogens (tertiary/aromatic N) is 1. The number of sulfonamides is 1. The molecule has 1 N–H and O–H groups in total. The van der Waals surface area contributed by atoms with E-state index in [0.29, 0.717) is 32.0 Å². The number of anilines is 1. The van der Waals surface area contributed by atoms with E-state index in [1.54, 1.807) is 30.0 Å². The van der Waals surface area contributed by atoms with Crippen molar-refractivity contribution in [2.45, 2.75) is 37.4 Å². The number of rotatable bonds is 4. The number of carbonyl (C=O) groups is 1. The fraction of sp³-hybridized carbons (Fsp3) is 0.316. The molecule has 3 rings (SSSR count). The highest BCUT2D eigenvalue weighted by Gasteiger charge is 2.31. The summed E-state index contributed by atoms with van der Waals surface area (Å²) in [5, 5.41) is 0. The van der Waals surface area contributed by atoms with Gasteiger partial charge in [-0.15, -0.1) is 0 Å². The van der Waals surface area contributed by atoms with Crippen LogP contribution in [0.1, 0.15) is 30.0 Å². The summed E-state index contributed by atoms with van der Waals surface area (Å²) in [5.41, 5.74) is 1.04. The Morgan fingerprint density at radius 3 is 2.57 bits per heavy atom. The van der Waals surface area contributed by atoms with Crippen LogP contribution in [0.4, 0.5) is 18.9 Å². The monoisotopic (exact) mass is 412 g/mol. The van der Waals surface area contributed by atoms with Crippen molar-refractivity contribution in [2.75, 3.05) is 11.3 Å². The van der Waals surface area contributed by atoms with Crippen LogP contribution in [0.3, 0.4) is 0 Å². The third-order valence-corrected chi connectivity index (χ3v) is 5.98. The summed E-state index contributed by atoms with van der Waals surface area (Å²) in [7, 11) is -4.19. The number of hydrogen-bond acceptors (Lipinski definition) is 3. The Labute approximate surface area is 161 Å². The minimum absolute atomic E-state index is 0.0144. The lowest BCUT2D eigenvalue weighted by atomic mass is 9.99. The molecule has 0 bridgehead atoms. The first-order chi connectivity index (χ1) is 13.1. The smallest absolute Gasteiger partial charge is 0.338 e. The molecule has 1 amide bonds. The molecular weight excluding hydrogens is 393 g/mol. The van der Waals surface area contributed by atoms with Gasteiger partial charge in [0, 0.05) is 25.2 Å². The Morgan fingerprint density at radius 2 is 1.89 bits per heavy atom. The summed E-state index contributed by atoms with van der Waals surface area (Å²) in [5.74, 6) is 0.0144. The minimum atomic E-state index is -4.63. The predicted octanol–water partition coefficient (Wildman–Crippen LogP) is 3.80. The van der Waals surface area contributed by atoms with Crippen molar-refractivity contribution in [3.8, 4) is 0 Å². The van der Waals surface area contributed by atoms with Crippen molar-refractivity contribution >= 4 is 21.6 Å². The first-order valence-electron chi connectivity index (χ1n) is 8.70. The molecule has 1 heterocycles. The molecule has 9 heteroatoms. The molecule has 0 radical (unpaired) electrons. The molecule has 0 aromatic heterocycles. The molecule has 0 atom stereocenters. The number of halogens is 3. The fourth-order valence-electron chi connectivity index (χ4n) is 3.11. The van der Waals surface area contributed by atoms with Crippen LogP contribution in [-0.2, 0) is 34.0 Å². The average molecular weight is 412 g/mol. The highest BCUT2D eigenvalue weighted by Crippen LogP contribution is 2.31. The van der Waals surface area contributed by atoms with Gasteiger partial charge in [-0.25, -0.2) is 8.42 Å². The van der Waals surface area contributed by atoms with Crippen LogP contribution in [0.15, 0.2) is 47.4 Å².